The van der Waals surface area contributed by atoms with Gasteiger partial charge in [0.05, 0.1) is 22.7 Å². The van der Waals surface area contributed by atoms with Gasteiger partial charge in [0.1, 0.15) is 0 Å². The molecule has 11 heteroatoms. The van der Waals surface area contributed by atoms with E-state index in [4.69, 9.17) is 5.73 Å². The summed E-state index contributed by atoms with van der Waals surface area (Å²) in [5.74, 6) is -0.483. The van der Waals surface area contributed by atoms with Gasteiger partial charge in [-0.1, -0.05) is 32.9 Å². The first-order chi connectivity index (χ1) is 14.2. The van der Waals surface area contributed by atoms with Crippen molar-refractivity contribution < 1.29 is 18.0 Å². The molecule has 3 N–H and O–H groups in total. The van der Waals surface area contributed by atoms with Crippen molar-refractivity contribution in [3.05, 3.63) is 34.7 Å². The van der Waals surface area contributed by atoms with Crippen molar-refractivity contribution in [2.24, 2.45) is 16.6 Å². The maximum Gasteiger partial charge on any atom is 0.337 e. The molecule has 31 heavy (non-hydrogen) atoms. The van der Waals surface area contributed by atoms with Gasteiger partial charge in [-0.05, 0) is 24.0 Å². The molecular weight excluding hydrogens is 422 g/mol. The lowest BCUT2D eigenvalue weighted by molar-refractivity contribution is -0.127. The third-order valence-corrected chi connectivity index (χ3v) is 7.59. The number of amides is 2. The minimum Gasteiger partial charge on any atom is -0.369 e. The first kappa shape index (κ1) is 23.0. The smallest absolute Gasteiger partial charge is 0.337 e. The molecule has 10 nitrogen and oxygen atoms in total. The van der Waals surface area contributed by atoms with Crippen molar-refractivity contribution in [1.29, 1.82) is 0 Å². The van der Waals surface area contributed by atoms with Crippen LogP contribution in [0.25, 0.3) is 11.0 Å². The van der Waals surface area contributed by atoms with Crippen LogP contribution in [-0.2, 0) is 21.4 Å². The molecule has 2 atom stereocenters. The van der Waals surface area contributed by atoms with Gasteiger partial charge < -0.3 is 11.1 Å². The maximum atomic E-state index is 13.1. The number of likely N-dealkylation sites (N-methyl/N-ethyl adjacent to an activating group) is 1. The topological polar surface area (TPSA) is 136 Å². The van der Waals surface area contributed by atoms with E-state index in [-0.39, 0.29) is 13.1 Å². The predicted octanol–water partition coefficient (Wildman–Crippen LogP) is 0.542. The molecule has 1 aliphatic carbocycles. The Labute approximate surface area is 181 Å². The van der Waals surface area contributed by atoms with Gasteiger partial charge in [-0.3, -0.25) is 9.36 Å². The fraction of sp³-hybridized carbons (Fsp3) is 0.550. The monoisotopic (exact) mass is 451 g/mol. The number of nitrogens with two attached hydrogens (primary N) is 1. The summed E-state index contributed by atoms with van der Waals surface area (Å²) in [4.78, 5) is 38.3. The van der Waals surface area contributed by atoms with Crippen molar-refractivity contribution in [3.8, 4) is 0 Å². The molecule has 0 saturated heterocycles. The normalized spacial score (nSPS) is 21.4. The molecule has 3 rings (SSSR count). The van der Waals surface area contributed by atoms with Gasteiger partial charge in [0.2, 0.25) is 15.9 Å². The van der Waals surface area contributed by atoms with E-state index >= 15 is 0 Å². The lowest BCUT2D eigenvalue weighted by Crippen LogP contribution is -2.45. The Morgan fingerprint density at radius 1 is 1.26 bits per heavy atom. The van der Waals surface area contributed by atoms with Gasteiger partial charge in [0.25, 0.3) is 0 Å². The Morgan fingerprint density at radius 2 is 1.84 bits per heavy atom. The fourth-order valence-electron chi connectivity index (χ4n) is 4.15. The van der Waals surface area contributed by atoms with E-state index in [1.807, 2.05) is 20.8 Å². The summed E-state index contributed by atoms with van der Waals surface area (Å²) in [7, 11) is -1.98. The van der Waals surface area contributed by atoms with E-state index < -0.39 is 44.5 Å². The average molecular weight is 452 g/mol. The van der Waals surface area contributed by atoms with Crippen LogP contribution in [0.1, 0.15) is 27.2 Å². The second-order valence-corrected chi connectivity index (χ2v) is 11.2. The summed E-state index contributed by atoms with van der Waals surface area (Å²) < 4.78 is 26.9. The molecule has 0 bridgehead atoms. The number of carbonyl (C=O) groups excluding carboxylic acids is 2. The van der Waals surface area contributed by atoms with Crippen molar-refractivity contribution in [3.63, 3.8) is 0 Å². The van der Waals surface area contributed by atoms with E-state index in [2.05, 4.69) is 5.32 Å². The Balaban J connectivity index is 1.93. The molecule has 170 valence electrons. The molecule has 0 radical (unpaired) electrons. The molecule has 1 unspecified atom stereocenters. The summed E-state index contributed by atoms with van der Waals surface area (Å²) in [6.07, 6.45) is 1.49. The number of fused-ring (bicyclic) bond motifs is 1. The molecular formula is C20H29N5O5S. The summed E-state index contributed by atoms with van der Waals surface area (Å²) in [6.45, 7) is 5.83. The lowest BCUT2D eigenvalue weighted by atomic mass is 9.76. The van der Waals surface area contributed by atoms with Crippen LogP contribution in [-0.4, -0.2) is 59.7 Å². The predicted molar refractivity (Wildman–Crippen MR) is 117 cm³/mol. The number of nitrogens with one attached hydrogen (secondary N) is 1. The van der Waals surface area contributed by atoms with Crippen LogP contribution < -0.4 is 16.7 Å². The van der Waals surface area contributed by atoms with Crippen molar-refractivity contribution >= 4 is 33.0 Å². The van der Waals surface area contributed by atoms with Gasteiger partial charge >= 0.3 is 11.7 Å². The number of nitrogens with zero attached hydrogens (tertiary/aromatic N) is 3. The third-order valence-electron chi connectivity index (χ3n) is 6.28. The molecule has 1 aromatic carbocycles. The number of primary amides is 1. The molecule has 2 amide bonds. The summed E-state index contributed by atoms with van der Waals surface area (Å²) in [5.41, 5.74) is 4.64. The van der Waals surface area contributed by atoms with Crippen LogP contribution >= 0.6 is 0 Å². The molecule has 1 aromatic heterocycles. The first-order valence-electron chi connectivity index (χ1n) is 9.94. The number of aromatic nitrogens is 2. The Hall–Kier alpha value is -2.66. The largest absolute Gasteiger partial charge is 0.369 e. The lowest BCUT2D eigenvalue weighted by Gasteiger charge is -2.29. The van der Waals surface area contributed by atoms with E-state index in [0.29, 0.717) is 17.5 Å². The van der Waals surface area contributed by atoms with Crippen LogP contribution in [0.3, 0.4) is 0 Å². The quantitative estimate of drug-likeness (QED) is 0.661. The van der Waals surface area contributed by atoms with Crippen molar-refractivity contribution in [2.75, 3.05) is 19.8 Å². The summed E-state index contributed by atoms with van der Waals surface area (Å²) >= 11 is 0. The van der Waals surface area contributed by atoms with Gasteiger partial charge in [-0.15, -0.1) is 0 Å². The van der Waals surface area contributed by atoms with Crippen molar-refractivity contribution in [1.82, 2.24) is 18.8 Å². The average Bonchev–Trinajstić information content (AvgIpc) is 3.30. The van der Waals surface area contributed by atoms with Crippen LogP contribution in [0.2, 0.25) is 0 Å². The minimum atomic E-state index is -3.40. The van der Waals surface area contributed by atoms with Crippen LogP contribution in [0.4, 0.5) is 4.79 Å². The highest BCUT2D eigenvalue weighted by atomic mass is 32.2. The van der Waals surface area contributed by atoms with Gasteiger partial charge in [0.15, 0.2) is 0 Å². The zero-order chi connectivity index (χ0) is 23.4. The molecule has 1 fully saturated rings. The van der Waals surface area contributed by atoms with Gasteiger partial charge in [-0.2, -0.15) is 0 Å². The van der Waals surface area contributed by atoms with E-state index in [9.17, 15) is 22.8 Å². The standard InChI is InChI=1S/C20H29N5O5S/c1-19(2,3)20(16(21)26)12-15(20)22-17(27)25-14-9-7-6-8-13(14)24(18(25)28)11-10-23(4)31(5,29)30/h6-9,15H,10-12H2,1-5H3,(H2,21,26)(H,22,27)/t15?,20-/m0/s1. The zero-order valence-electron chi connectivity index (χ0n) is 18.4. The van der Waals surface area contributed by atoms with E-state index in [0.717, 1.165) is 15.1 Å². The van der Waals surface area contributed by atoms with Crippen LogP contribution in [0, 0.1) is 10.8 Å². The number of sulfonamides is 1. The van der Waals surface area contributed by atoms with Crippen LogP contribution in [0.5, 0.6) is 0 Å². The Kier molecular flexibility index (Phi) is 5.56. The Bertz CT molecular complexity index is 1210. The van der Waals surface area contributed by atoms with Crippen molar-refractivity contribution in [2.45, 2.75) is 39.8 Å². The zero-order valence-corrected chi connectivity index (χ0v) is 19.2. The number of carbonyl (C=O) groups is 2. The molecule has 0 spiro atoms. The van der Waals surface area contributed by atoms with E-state index in [1.165, 1.54) is 11.6 Å². The number of rotatable bonds is 6. The molecule has 1 aliphatic rings. The molecule has 1 heterocycles. The number of para-hydroxylation sites is 2. The van der Waals surface area contributed by atoms with E-state index in [1.54, 1.807) is 24.3 Å². The fourth-order valence-corrected chi connectivity index (χ4v) is 4.56. The highest BCUT2D eigenvalue weighted by molar-refractivity contribution is 7.88. The number of hydrogen-bond acceptors (Lipinski definition) is 5. The number of imidazole rings is 1. The first-order valence-corrected chi connectivity index (χ1v) is 11.8. The number of benzene rings is 1. The highest BCUT2D eigenvalue weighted by Crippen LogP contribution is 2.58. The second kappa shape index (κ2) is 7.49. The van der Waals surface area contributed by atoms with Gasteiger partial charge in [0, 0.05) is 26.2 Å². The third kappa shape index (κ3) is 3.87. The molecule has 1 saturated carbocycles. The summed E-state index contributed by atoms with van der Waals surface area (Å²) in [6, 6.07) is 5.67. The maximum absolute atomic E-state index is 13.1. The van der Waals surface area contributed by atoms with Crippen LogP contribution in [0.15, 0.2) is 29.1 Å². The summed E-state index contributed by atoms with van der Waals surface area (Å²) in [5, 5.41) is 2.79. The second-order valence-electron chi connectivity index (χ2n) is 9.13. The van der Waals surface area contributed by atoms with Gasteiger partial charge in [-0.25, -0.2) is 26.9 Å². The molecule has 0 aliphatic heterocycles. The molecule has 2 aromatic rings. The highest BCUT2D eigenvalue weighted by Gasteiger charge is 2.66. The minimum absolute atomic E-state index is 0.0752. The number of hydrogen-bond donors (Lipinski definition) is 2. The Morgan fingerprint density at radius 3 is 2.32 bits per heavy atom. The SMILES string of the molecule is CN(CCn1c(=O)n(C(=O)NC2C[C@]2(C(N)=O)C(C)(C)C)c2ccccc21)S(C)(=O)=O.